The number of rotatable bonds is 7. The molecule has 0 bridgehead atoms. The van der Waals surface area contributed by atoms with Gasteiger partial charge in [0.05, 0.1) is 5.03 Å². The molecule has 4 heteroatoms. The van der Waals surface area contributed by atoms with E-state index in [-0.39, 0.29) is 0 Å². The molecule has 0 aromatic carbocycles. The highest BCUT2D eigenvalue weighted by atomic mass is 32.2. The molecule has 0 amide bonds. The third-order valence-electron chi connectivity index (χ3n) is 2.77. The van der Waals surface area contributed by atoms with E-state index in [9.17, 15) is 0 Å². The van der Waals surface area contributed by atoms with E-state index < -0.39 is 0 Å². The van der Waals surface area contributed by atoms with E-state index in [0.717, 1.165) is 36.0 Å². The third-order valence-corrected chi connectivity index (χ3v) is 4.42. The summed E-state index contributed by atoms with van der Waals surface area (Å²) in [6.07, 6.45) is 1.12. The Hall–Kier alpha value is -0.840. The molecule has 0 saturated carbocycles. The highest BCUT2D eigenvalue weighted by molar-refractivity contribution is 7.99. The molecular weight excluding hydrogens is 272 g/mol. The normalized spacial score (nSPS) is 10.8. The molecule has 0 aliphatic carbocycles. The summed E-state index contributed by atoms with van der Waals surface area (Å²) in [5.74, 6) is 1.07. The fourth-order valence-electron chi connectivity index (χ4n) is 1.90. The maximum absolute atomic E-state index is 4.53. The van der Waals surface area contributed by atoms with Crippen molar-refractivity contribution in [3.63, 3.8) is 0 Å². The molecular formula is C15H20N2S2. The molecule has 0 saturated heterocycles. The molecule has 102 valence electrons. The summed E-state index contributed by atoms with van der Waals surface area (Å²) in [6.45, 7) is 6.26. The number of thiophene rings is 1. The summed E-state index contributed by atoms with van der Waals surface area (Å²) in [7, 11) is 0. The van der Waals surface area contributed by atoms with Crippen LogP contribution in [0.3, 0.4) is 0 Å². The minimum atomic E-state index is 1.03. The van der Waals surface area contributed by atoms with Gasteiger partial charge in [0.15, 0.2) is 0 Å². The zero-order valence-electron chi connectivity index (χ0n) is 11.5. The molecule has 0 fully saturated rings. The van der Waals surface area contributed by atoms with Gasteiger partial charge in [-0.1, -0.05) is 0 Å². The van der Waals surface area contributed by atoms with Gasteiger partial charge in [-0.05, 0) is 66.9 Å². The Balaban J connectivity index is 1.61. The molecule has 0 atom stereocenters. The van der Waals surface area contributed by atoms with Crippen LogP contribution in [0.15, 0.2) is 34.0 Å². The van der Waals surface area contributed by atoms with Crippen LogP contribution >= 0.6 is 23.1 Å². The minimum Gasteiger partial charge on any atom is -0.316 e. The van der Waals surface area contributed by atoms with Crippen LogP contribution in [0, 0.1) is 13.8 Å². The quantitative estimate of drug-likeness (QED) is 0.622. The van der Waals surface area contributed by atoms with Crippen LogP contribution in [0.2, 0.25) is 0 Å². The highest BCUT2D eigenvalue weighted by Gasteiger charge is 1.98. The van der Waals surface area contributed by atoms with E-state index in [1.807, 2.05) is 11.8 Å². The lowest BCUT2D eigenvalue weighted by Crippen LogP contribution is -2.19. The first-order valence-corrected chi connectivity index (χ1v) is 8.47. The smallest absolute Gasteiger partial charge is 0.0966 e. The van der Waals surface area contributed by atoms with E-state index in [4.69, 9.17) is 0 Å². The second kappa shape index (κ2) is 7.68. The number of pyridine rings is 1. The van der Waals surface area contributed by atoms with Gasteiger partial charge in [-0.3, -0.25) is 0 Å². The number of nitrogens with one attached hydrogen (secondary N) is 1. The summed E-state index contributed by atoms with van der Waals surface area (Å²) >= 11 is 3.59. The molecule has 2 rings (SSSR count). The predicted molar refractivity (Wildman–Crippen MR) is 85.3 cm³/mol. The minimum absolute atomic E-state index is 1.03. The van der Waals surface area contributed by atoms with Crippen LogP contribution in [0.5, 0.6) is 0 Å². The fourth-order valence-corrected chi connectivity index (χ4v) is 3.54. The first kappa shape index (κ1) is 14.6. The Morgan fingerprint density at radius 2 is 2.16 bits per heavy atom. The number of hydrogen-bond acceptors (Lipinski definition) is 4. The highest BCUT2D eigenvalue weighted by Crippen LogP contribution is 2.16. The maximum atomic E-state index is 4.53. The largest absolute Gasteiger partial charge is 0.316 e. The molecule has 0 radical (unpaired) electrons. The first-order valence-electron chi connectivity index (χ1n) is 6.54. The van der Waals surface area contributed by atoms with Crippen molar-refractivity contribution in [2.45, 2.75) is 25.3 Å². The Morgan fingerprint density at radius 3 is 2.89 bits per heavy atom. The third kappa shape index (κ3) is 5.35. The van der Waals surface area contributed by atoms with Gasteiger partial charge in [-0.15, -0.1) is 11.8 Å². The Labute approximate surface area is 123 Å². The number of aromatic nitrogens is 1. The molecule has 2 heterocycles. The molecule has 2 nitrogen and oxygen atoms in total. The van der Waals surface area contributed by atoms with Crippen molar-refractivity contribution in [1.82, 2.24) is 10.3 Å². The summed E-state index contributed by atoms with van der Waals surface area (Å²) in [5, 5.41) is 8.97. The predicted octanol–water partition coefficient (Wildman–Crippen LogP) is 3.68. The summed E-state index contributed by atoms with van der Waals surface area (Å²) in [6, 6.07) is 6.47. The Morgan fingerprint density at radius 1 is 1.26 bits per heavy atom. The van der Waals surface area contributed by atoms with Crippen LogP contribution in [0.1, 0.15) is 16.8 Å². The van der Waals surface area contributed by atoms with Gasteiger partial charge in [0.25, 0.3) is 0 Å². The average Bonchev–Trinajstić information content (AvgIpc) is 2.85. The van der Waals surface area contributed by atoms with Crippen molar-refractivity contribution in [2.24, 2.45) is 0 Å². The van der Waals surface area contributed by atoms with Crippen LogP contribution in [-0.4, -0.2) is 23.8 Å². The van der Waals surface area contributed by atoms with E-state index in [2.05, 4.69) is 53.1 Å². The molecule has 0 aliphatic heterocycles. The maximum Gasteiger partial charge on any atom is 0.0966 e. The zero-order chi connectivity index (χ0) is 13.5. The number of thioether (sulfide) groups is 1. The van der Waals surface area contributed by atoms with Crippen LogP contribution in [0.4, 0.5) is 0 Å². The van der Waals surface area contributed by atoms with Gasteiger partial charge in [0.1, 0.15) is 0 Å². The molecule has 1 N–H and O–H groups in total. The summed E-state index contributed by atoms with van der Waals surface area (Å²) < 4.78 is 0. The lowest BCUT2D eigenvalue weighted by Gasteiger charge is -2.05. The second-order valence-corrected chi connectivity index (χ2v) is 6.50. The molecule has 2 aromatic heterocycles. The SMILES string of the molecule is Cc1cc(C)nc(SCCNCCc2ccsc2)c1. The van der Waals surface area contributed by atoms with E-state index in [1.54, 1.807) is 11.3 Å². The molecule has 0 unspecified atom stereocenters. The molecule has 0 aliphatic rings. The number of aryl methyl sites for hydroxylation is 2. The van der Waals surface area contributed by atoms with Gasteiger partial charge >= 0.3 is 0 Å². The van der Waals surface area contributed by atoms with Crippen LogP contribution < -0.4 is 5.32 Å². The van der Waals surface area contributed by atoms with Gasteiger partial charge in [-0.25, -0.2) is 4.98 Å². The molecule has 0 spiro atoms. The van der Waals surface area contributed by atoms with Gasteiger partial charge < -0.3 is 5.32 Å². The van der Waals surface area contributed by atoms with E-state index >= 15 is 0 Å². The van der Waals surface area contributed by atoms with Crippen molar-refractivity contribution < 1.29 is 0 Å². The summed E-state index contributed by atoms with van der Waals surface area (Å²) in [4.78, 5) is 4.53. The Bertz CT molecular complexity index is 475. The van der Waals surface area contributed by atoms with Crippen molar-refractivity contribution in [2.75, 3.05) is 18.8 Å². The molecule has 19 heavy (non-hydrogen) atoms. The molecule has 2 aromatic rings. The van der Waals surface area contributed by atoms with E-state index in [1.165, 1.54) is 11.1 Å². The lowest BCUT2D eigenvalue weighted by molar-refractivity contribution is 0.722. The topological polar surface area (TPSA) is 24.9 Å². The van der Waals surface area contributed by atoms with Crippen LogP contribution in [0.25, 0.3) is 0 Å². The van der Waals surface area contributed by atoms with Crippen molar-refractivity contribution in [1.29, 1.82) is 0 Å². The lowest BCUT2D eigenvalue weighted by atomic mass is 10.2. The van der Waals surface area contributed by atoms with Gasteiger partial charge in [0.2, 0.25) is 0 Å². The second-order valence-electron chi connectivity index (χ2n) is 4.60. The van der Waals surface area contributed by atoms with Gasteiger partial charge in [0, 0.05) is 18.0 Å². The van der Waals surface area contributed by atoms with Gasteiger partial charge in [-0.2, -0.15) is 11.3 Å². The number of nitrogens with zero attached hydrogens (tertiary/aromatic N) is 1. The standard InChI is InChI=1S/C15H20N2S2/c1-12-9-13(2)17-15(10-12)19-8-6-16-5-3-14-4-7-18-11-14/h4,7,9-11,16H,3,5-6,8H2,1-2H3. The van der Waals surface area contributed by atoms with E-state index in [0.29, 0.717) is 0 Å². The zero-order valence-corrected chi connectivity index (χ0v) is 13.1. The van der Waals surface area contributed by atoms with Crippen LogP contribution in [-0.2, 0) is 6.42 Å². The first-order chi connectivity index (χ1) is 9.24. The van der Waals surface area contributed by atoms with Crippen molar-refractivity contribution >= 4 is 23.1 Å². The monoisotopic (exact) mass is 292 g/mol. The number of hydrogen-bond donors (Lipinski definition) is 1. The Kier molecular flexibility index (Phi) is 5.89. The average molecular weight is 292 g/mol. The summed E-state index contributed by atoms with van der Waals surface area (Å²) in [5.41, 5.74) is 3.83. The van der Waals surface area contributed by atoms with Crippen molar-refractivity contribution in [3.05, 3.63) is 45.8 Å². The van der Waals surface area contributed by atoms with Crippen molar-refractivity contribution in [3.8, 4) is 0 Å². The fraction of sp³-hybridized carbons (Fsp3) is 0.400.